The average Bonchev–Trinajstić information content (AvgIpc) is 2.62. The molecule has 1 unspecified atom stereocenters. The van der Waals surface area contributed by atoms with E-state index in [1.54, 1.807) is 0 Å². The van der Waals surface area contributed by atoms with Crippen molar-refractivity contribution in [2.24, 2.45) is 11.1 Å². The van der Waals surface area contributed by atoms with Gasteiger partial charge in [-0.1, -0.05) is 12.5 Å². The molecule has 0 bridgehead atoms. The molecule has 1 atom stereocenters. The number of fused-ring (bicyclic) bond motifs is 1. The van der Waals surface area contributed by atoms with Gasteiger partial charge in [0.25, 0.3) is 0 Å². The van der Waals surface area contributed by atoms with Gasteiger partial charge in [0.1, 0.15) is 0 Å². The molecule has 1 aromatic rings. The molecule has 1 fully saturated rings. The van der Waals surface area contributed by atoms with E-state index in [2.05, 4.69) is 0 Å². The smallest absolute Gasteiger partial charge is 0.161 e. The van der Waals surface area contributed by atoms with E-state index >= 15 is 0 Å². The fraction of sp³-hybridized carbons (Fsp3) is 0.600. The Morgan fingerprint density at radius 3 is 2.53 bits per heavy atom. The Balaban J connectivity index is 1.87. The van der Waals surface area contributed by atoms with Gasteiger partial charge in [-0.3, -0.25) is 0 Å². The quantitative estimate of drug-likeness (QED) is 0.875. The van der Waals surface area contributed by atoms with E-state index in [1.165, 1.54) is 0 Å². The normalized spacial score (nSPS) is 22.2. The van der Waals surface area contributed by atoms with Crippen molar-refractivity contribution in [3.05, 3.63) is 23.8 Å². The summed E-state index contributed by atoms with van der Waals surface area (Å²) in [6, 6.07) is 5.76. The first-order chi connectivity index (χ1) is 9.25. The van der Waals surface area contributed by atoms with Gasteiger partial charge in [0.15, 0.2) is 11.5 Å². The molecule has 0 spiro atoms. The molecule has 1 aromatic carbocycles. The molecule has 1 aliphatic carbocycles. The average molecular weight is 263 g/mol. The highest BCUT2D eigenvalue weighted by molar-refractivity contribution is 5.44. The number of nitrogens with two attached hydrogens (primary N) is 1. The zero-order valence-electron chi connectivity index (χ0n) is 11.1. The Morgan fingerprint density at radius 1 is 1.16 bits per heavy atom. The molecule has 0 amide bonds. The number of ether oxygens (including phenoxy) is 2. The van der Waals surface area contributed by atoms with Gasteiger partial charge >= 0.3 is 0 Å². The lowest BCUT2D eigenvalue weighted by Crippen LogP contribution is -2.43. The molecule has 104 valence electrons. The molecule has 1 aliphatic heterocycles. The van der Waals surface area contributed by atoms with E-state index in [4.69, 9.17) is 15.2 Å². The number of aliphatic hydroxyl groups is 1. The Labute approximate surface area is 113 Å². The van der Waals surface area contributed by atoms with E-state index in [0.717, 1.165) is 42.7 Å². The van der Waals surface area contributed by atoms with Crippen LogP contribution in [0.3, 0.4) is 0 Å². The molecule has 3 N–H and O–H groups in total. The highest BCUT2D eigenvalue weighted by Crippen LogP contribution is 2.49. The van der Waals surface area contributed by atoms with Crippen molar-refractivity contribution in [2.75, 3.05) is 19.8 Å². The summed E-state index contributed by atoms with van der Waals surface area (Å²) in [5.74, 6) is 1.57. The number of rotatable bonds is 3. The van der Waals surface area contributed by atoms with Crippen LogP contribution in [0.15, 0.2) is 18.2 Å². The van der Waals surface area contributed by atoms with E-state index in [0.29, 0.717) is 13.2 Å². The van der Waals surface area contributed by atoms with E-state index in [9.17, 15) is 5.11 Å². The van der Waals surface area contributed by atoms with Gasteiger partial charge in [-0.2, -0.15) is 0 Å². The zero-order valence-corrected chi connectivity index (χ0v) is 11.1. The van der Waals surface area contributed by atoms with E-state index in [-0.39, 0.29) is 18.1 Å². The summed E-state index contributed by atoms with van der Waals surface area (Å²) in [5.41, 5.74) is 7.25. The molecule has 0 radical (unpaired) electrons. The minimum Gasteiger partial charge on any atom is -0.490 e. The fourth-order valence-corrected chi connectivity index (χ4v) is 2.93. The fourth-order valence-electron chi connectivity index (χ4n) is 2.93. The predicted molar refractivity (Wildman–Crippen MR) is 72.3 cm³/mol. The van der Waals surface area contributed by atoms with Crippen LogP contribution >= 0.6 is 0 Å². The molecular formula is C15H21NO3. The van der Waals surface area contributed by atoms with Crippen molar-refractivity contribution in [3.8, 4) is 11.5 Å². The monoisotopic (exact) mass is 263 g/mol. The molecule has 1 saturated carbocycles. The minimum absolute atomic E-state index is 0.136. The summed E-state index contributed by atoms with van der Waals surface area (Å²) in [4.78, 5) is 0. The summed E-state index contributed by atoms with van der Waals surface area (Å²) in [6.45, 7) is 1.53. The summed E-state index contributed by atoms with van der Waals surface area (Å²) < 4.78 is 11.3. The third-order valence-corrected chi connectivity index (χ3v) is 4.45. The van der Waals surface area contributed by atoms with Gasteiger partial charge in [-0.15, -0.1) is 0 Å². The molecule has 4 nitrogen and oxygen atoms in total. The summed E-state index contributed by atoms with van der Waals surface area (Å²) in [6.07, 6.45) is 4.05. The topological polar surface area (TPSA) is 64.7 Å². The van der Waals surface area contributed by atoms with Crippen molar-refractivity contribution in [3.63, 3.8) is 0 Å². The second-order valence-electron chi connectivity index (χ2n) is 5.61. The van der Waals surface area contributed by atoms with Gasteiger partial charge < -0.3 is 20.3 Å². The highest BCUT2D eigenvalue weighted by Gasteiger charge is 2.42. The van der Waals surface area contributed by atoms with Crippen molar-refractivity contribution < 1.29 is 14.6 Å². The van der Waals surface area contributed by atoms with E-state index in [1.807, 2.05) is 18.2 Å². The molecule has 2 aliphatic rings. The van der Waals surface area contributed by atoms with Crippen LogP contribution in [-0.2, 0) is 0 Å². The van der Waals surface area contributed by atoms with Crippen molar-refractivity contribution >= 4 is 0 Å². The van der Waals surface area contributed by atoms with Crippen LogP contribution in [0.1, 0.15) is 37.3 Å². The maximum absolute atomic E-state index is 9.62. The second kappa shape index (κ2) is 5.02. The molecule has 3 rings (SSSR count). The standard InChI is InChI=1S/C15H21NO3/c16-14(15(10-17)5-1-6-15)11-3-4-12-13(9-11)19-8-2-7-18-12/h3-4,9,14,17H,1-2,5-8,10,16H2. The first kappa shape index (κ1) is 12.8. The summed E-state index contributed by atoms with van der Waals surface area (Å²) >= 11 is 0. The number of benzene rings is 1. The number of hydrogen-bond acceptors (Lipinski definition) is 4. The Hall–Kier alpha value is -1.26. The molecule has 0 aromatic heterocycles. The van der Waals surface area contributed by atoms with Crippen LogP contribution < -0.4 is 15.2 Å². The molecule has 19 heavy (non-hydrogen) atoms. The largest absolute Gasteiger partial charge is 0.490 e. The third kappa shape index (κ3) is 2.19. The van der Waals surface area contributed by atoms with Gasteiger partial charge in [-0.25, -0.2) is 0 Å². The van der Waals surface area contributed by atoms with Gasteiger partial charge in [-0.05, 0) is 30.5 Å². The molecular weight excluding hydrogens is 242 g/mol. The van der Waals surface area contributed by atoms with Gasteiger partial charge in [0, 0.05) is 17.9 Å². The van der Waals surface area contributed by atoms with Crippen LogP contribution in [0, 0.1) is 5.41 Å². The molecule has 1 heterocycles. The third-order valence-electron chi connectivity index (χ3n) is 4.45. The summed E-state index contributed by atoms with van der Waals surface area (Å²) in [5, 5.41) is 9.62. The lowest BCUT2D eigenvalue weighted by molar-refractivity contribution is 0.0183. The van der Waals surface area contributed by atoms with Crippen LogP contribution in [0.5, 0.6) is 11.5 Å². The highest BCUT2D eigenvalue weighted by atomic mass is 16.5. The first-order valence-corrected chi connectivity index (χ1v) is 7.01. The maximum Gasteiger partial charge on any atom is 0.161 e. The maximum atomic E-state index is 9.62. The van der Waals surface area contributed by atoms with Crippen molar-refractivity contribution in [1.82, 2.24) is 0 Å². The lowest BCUT2D eigenvalue weighted by Gasteiger charge is -2.45. The Kier molecular flexibility index (Phi) is 3.37. The Morgan fingerprint density at radius 2 is 1.89 bits per heavy atom. The lowest BCUT2D eigenvalue weighted by atomic mass is 9.63. The van der Waals surface area contributed by atoms with Gasteiger partial charge in [0.2, 0.25) is 0 Å². The molecule has 4 heteroatoms. The summed E-state index contributed by atoms with van der Waals surface area (Å²) in [7, 11) is 0. The van der Waals surface area contributed by atoms with Crippen molar-refractivity contribution in [1.29, 1.82) is 0 Å². The second-order valence-corrected chi connectivity index (χ2v) is 5.61. The van der Waals surface area contributed by atoms with Crippen LogP contribution in [-0.4, -0.2) is 24.9 Å². The number of aliphatic hydroxyl groups excluding tert-OH is 1. The van der Waals surface area contributed by atoms with E-state index < -0.39 is 0 Å². The van der Waals surface area contributed by atoms with Crippen LogP contribution in [0.25, 0.3) is 0 Å². The zero-order chi connectivity index (χ0) is 13.3. The SMILES string of the molecule is NC(c1ccc2c(c1)OCCCO2)C1(CO)CCC1. The first-order valence-electron chi connectivity index (χ1n) is 7.01. The van der Waals surface area contributed by atoms with Crippen LogP contribution in [0.4, 0.5) is 0 Å². The minimum atomic E-state index is -0.139. The number of hydrogen-bond donors (Lipinski definition) is 2. The Bertz CT molecular complexity index is 451. The van der Waals surface area contributed by atoms with Crippen LogP contribution in [0.2, 0.25) is 0 Å². The van der Waals surface area contributed by atoms with Gasteiger partial charge in [0.05, 0.1) is 19.8 Å². The van der Waals surface area contributed by atoms with Crippen molar-refractivity contribution in [2.45, 2.75) is 31.7 Å². The molecule has 0 saturated heterocycles. The predicted octanol–water partition coefficient (Wildman–Crippen LogP) is 2.01.